The summed E-state index contributed by atoms with van der Waals surface area (Å²) in [5.41, 5.74) is 1.11. The standard InChI is InChI=1S/C14H12BrClN2OS/c15-12-5-11(6-18-7-13(19)17-8-18)20-14(12)9-2-1-3-10(16)4-9/h1-5H,6-8H2,(H,17,19). The predicted molar refractivity (Wildman–Crippen MR) is 85.9 cm³/mol. The minimum atomic E-state index is 0.0932. The molecule has 20 heavy (non-hydrogen) atoms. The first kappa shape index (κ1) is 14.1. The minimum absolute atomic E-state index is 0.0932. The van der Waals surface area contributed by atoms with Crippen molar-refractivity contribution in [2.24, 2.45) is 0 Å². The first-order valence-electron chi connectivity index (χ1n) is 6.15. The van der Waals surface area contributed by atoms with E-state index in [1.54, 1.807) is 11.3 Å². The lowest BCUT2D eigenvalue weighted by atomic mass is 10.2. The third kappa shape index (κ3) is 3.06. The molecular formula is C14H12BrClN2OS. The molecule has 1 aromatic carbocycles. The summed E-state index contributed by atoms with van der Waals surface area (Å²) >= 11 is 11.4. The number of nitrogens with zero attached hydrogens (tertiary/aromatic N) is 1. The molecule has 3 rings (SSSR count). The molecule has 1 aliphatic rings. The Labute approximate surface area is 134 Å². The van der Waals surface area contributed by atoms with E-state index in [4.69, 9.17) is 11.6 Å². The third-order valence-electron chi connectivity index (χ3n) is 3.07. The Kier molecular flexibility index (Phi) is 4.12. The highest BCUT2D eigenvalue weighted by Gasteiger charge is 2.19. The fourth-order valence-electron chi connectivity index (χ4n) is 2.17. The maximum absolute atomic E-state index is 11.2. The number of benzene rings is 1. The van der Waals surface area contributed by atoms with Crippen LogP contribution in [0.4, 0.5) is 0 Å². The van der Waals surface area contributed by atoms with Gasteiger partial charge in [-0.25, -0.2) is 0 Å². The van der Waals surface area contributed by atoms with E-state index in [1.807, 2.05) is 24.3 Å². The van der Waals surface area contributed by atoms with Crippen LogP contribution in [0.25, 0.3) is 10.4 Å². The molecule has 0 spiro atoms. The van der Waals surface area contributed by atoms with E-state index in [0.717, 1.165) is 21.6 Å². The van der Waals surface area contributed by atoms with Gasteiger partial charge in [0, 0.05) is 25.8 Å². The van der Waals surface area contributed by atoms with Crippen LogP contribution in [0.15, 0.2) is 34.8 Å². The lowest BCUT2D eigenvalue weighted by Gasteiger charge is -2.09. The zero-order chi connectivity index (χ0) is 14.1. The van der Waals surface area contributed by atoms with Gasteiger partial charge < -0.3 is 5.32 Å². The van der Waals surface area contributed by atoms with Crippen molar-refractivity contribution in [2.45, 2.75) is 6.54 Å². The first-order chi connectivity index (χ1) is 9.61. The molecule has 0 radical (unpaired) electrons. The van der Waals surface area contributed by atoms with Gasteiger partial charge in [0.1, 0.15) is 0 Å². The maximum Gasteiger partial charge on any atom is 0.235 e. The summed E-state index contributed by atoms with van der Waals surface area (Å²) in [6, 6.07) is 9.95. The van der Waals surface area contributed by atoms with Crippen LogP contribution in [0.2, 0.25) is 5.02 Å². The molecule has 0 aliphatic carbocycles. The Bertz CT molecular complexity index is 658. The van der Waals surface area contributed by atoms with Crippen LogP contribution in [0.5, 0.6) is 0 Å². The molecule has 1 aliphatic heterocycles. The second-order valence-corrected chi connectivity index (χ2v) is 7.07. The SMILES string of the molecule is O=C1CN(Cc2cc(Br)c(-c3cccc(Cl)c3)s2)CN1. The van der Waals surface area contributed by atoms with E-state index in [2.05, 4.69) is 32.2 Å². The molecule has 1 amide bonds. The Morgan fingerprint density at radius 2 is 2.25 bits per heavy atom. The van der Waals surface area contributed by atoms with Gasteiger partial charge in [-0.1, -0.05) is 23.7 Å². The zero-order valence-electron chi connectivity index (χ0n) is 10.5. The minimum Gasteiger partial charge on any atom is -0.342 e. The van der Waals surface area contributed by atoms with Crippen LogP contribution in [0.1, 0.15) is 4.88 Å². The number of hydrogen-bond acceptors (Lipinski definition) is 3. The van der Waals surface area contributed by atoms with Gasteiger partial charge in [0.2, 0.25) is 5.91 Å². The number of nitrogens with one attached hydrogen (secondary N) is 1. The van der Waals surface area contributed by atoms with E-state index in [0.29, 0.717) is 13.2 Å². The van der Waals surface area contributed by atoms with Crippen molar-refractivity contribution in [3.05, 3.63) is 44.7 Å². The van der Waals surface area contributed by atoms with Gasteiger partial charge in [-0.15, -0.1) is 11.3 Å². The van der Waals surface area contributed by atoms with E-state index in [-0.39, 0.29) is 5.91 Å². The molecule has 0 unspecified atom stereocenters. The smallest absolute Gasteiger partial charge is 0.235 e. The fourth-order valence-corrected chi connectivity index (χ4v) is 4.34. The highest BCUT2D eigenvalue weighted by Crippen LogP contribution is 2.37. The van der Waals surface area contributed by atoms with Crippen LogP contribution in [-0.2, 0) is 11.3 Å². The number of halogens is 2. The molecular weight excluding hydrogens is 360 g/mol. The van der Waals surface area contributed by atoms with E-state index < -0.39 is 0 Å². The summed E-state index contributed by atoms with van der Waals surface area (Å²) < 4.78 is 1.07. The van der Waals surface area contributed by atoms with Gasteiger partial charge in [0.15, 0.2) is 0 Å². The highest BCUT2D eigenvalue weighted by atomic mass is 79.9. The normalized spacial score (nSPS) is 15.6. The van der Waals surface area contributed by atoms with Crippen LogP contribution < -0.4 is 5.32 Å². The second kappa shape index (κ2) is 5.85. The molecule has 3 nitrogen and oxygen atoms in total. The summed E-state index contributed by atoms with van der Waals surface area (Å²) in [7, 11) is 0. The van der Waals surface area contributed by atoms with Crippen molar-refractivity contribution < 1.29 is 4.79 Å². The van der Waals surface area contributed by atoms with Gasteiger partial charge >= 0.3 is 0 Å². The van der Waals surface area contributed by atoms with Crippen LogP contribution >= 0.6 is 38.9 Å². The van der Waals surface area contributed by atoms with Crippen molar-refractivity contribution in [3.8, 4) is 10.4 Å². The van der Waals surface area contributed by atoms with Gasteiger partial charge in [-0.2, -0.15) is 0 Å². The van der Waals surface area contributed by atoms with Crippen molar-refractivity contribution in [2.75, 3.05) is 13.2 Å². The molecule has 2 aromatic rings. The average molecular weight is 372 g/mol. The van der Waals surface area contributed by atoms with Crippen molar-refractivity contribution >= 4 is 44.8 Å². The van der Waals surface area contributed by atoms with E-state index in [1.165, 1.54) is 9.75 Å². The summed E-state index contributed by atoms with van der Waals surface area (Å²) in [4.78, 5) is 15.7. The summed E-state index contributed by atoms with van der Waals surface area (Å²) in [5, 5.41) is 3.55. The summed E-state index contributed by atoms with van der Waals surface area (Å²) in [5.74, 6) is 0.0932. The third-order valence-corrected chi connectivity index (χ3v) is 5.36. The first-order valence-corrected chi connectivity index (χ1v) is 8.14. The lowest BCUT2D eigenvalue weighted by Crippen LogP contribution is -2.20. The predicted octanol–water partition coefficient (Wildman–Crippen LogP) is 3.72. The van der Waals surface area contributed by atoms with Crippen molar-refractivity contribution in [3.63, 3.8) is 0 Å². The monoisotopic (exact) mass is 370 g/mol. The molecule has 1 N–H and O–H groups in total. The Morgan fingerprint density at radius 3 is 2.95 bits per heavy atom. The second-order valence-electron chi connectivity index (χ2n) is 4.65. The van der Waals surface area contributed by atoms with E-state index in [9.17, 15) is 4.79 Å². The Hall–Kier alpha value is -0.880. The maximum atomic E-state index is 11.2. The van der Waals surface area contributed by atoms with Crippen molar-refractivity contribution in [1.29, 1.82) is 0 Å². The molecule has 1 fully saturated rings. The topological polar surface area (TPSA) is 32.3 Å². The van der Waals surface area contributed by atoms with Crippen LogP contribution in [-0.4, -0.2) is 24.0 Å². The Balaban J connectivity index is 1.82. The number of carbonyl (C=O) groups excluding carboxylic acids is 1. The number of carbonyl (C=O) groups is 1. The molecule has 0 atom stereocenters. The van der Waals surface area contributed by atoms with Gasteiger partial charge in [-0.3, -0.25) is 9.69 Å². The molecule has 0 bridgehead atoms. The molecule has 0 saturated carbocycles. The number of rotatable bonds is 3. The summed E-state index contributed by atoms with van der Waals surface area (Å²) in [6.07, 6.45) is 0. The molecule has 1 saturated heterocycles. The van der Waals surface area contributed by atoms with E-state index >= 15 is 0 Å². The number of amides is 1. The molecule has 6 heteroatoms. The zero-order valence-corrected chi connectivity index (χ0v) is 13.7. The lowest BCUT2D eigenvalue weighted by molar-refractivity contribution is -0.118. The molecule has 2 heterocycles. The van der Waals surface area contributed by atoms with Crippen LogP contribution in [0, 0.1) is 0 Å². The van der Waals surface area contributed by atoms with Gasteiger partial charge in [0.25, 0.3) is 0 Å². The highest BCUT2D eigenvalue weighted by molar-refractivity contribution is 9.10. The van der Waals surface area contributed by atoms with Gasteiger partial charge in [0.05, 0.1) is 13.2 Å². The Morgan fingerprint density at radius 1 is 1.40 bits per heavy atom. The van der Waals surface area contributed by atoms with Crippen LogP contribution in [0.3, 0.4) is 0 Å². The average Bonchev–Trinajstić information content (AvgIpc) is 2.96. The quantitative estimate of drug-likeness (QED) is 0.892. The molecule has 1 aromatic heterocycles. The van der Waals surface area contributed by atoms with Gasteiger partial charge in [-0.05, 0) is 39.7 Å². The number of thiophene rings is 1. The fraction of sp³-hybridized carbons (Fsp3) is 0.214. The largest absolute Gasteiger partial charge is 0.342 e. The molecule has 104 valence electrons. The van der Waals surface area contributed by atoms with Crippen molar-refractivity contribution in [1.82, 2.24) is 10.2 Å². The number of hydrogen-bond donors (Lipinski definition) is 1. The summed E-state index contributed by atoms with van der Waals surface area (Å²) in [6.45, 7) is 1.88.